The third kappa shape index (κ3) is 3.83. The van der Waals surface area contributed by atoms with E-state index in [2.05, 4.69) is 54.0 Å². The van der Waals surface area contributed by atoms with Crippen LogP contribution in [0.3, 0.4) is 0 Å². The van der Waals surface area contributed by atoms with Crippen molar-refractivity contribution < 1.29 is 5.11 Å². The van der Waals surface area contributed by atoms with Crippen molar-refractivity contribution in [3.63, 3.8) is 0 Å². The molecule has 0 spiro atoms. The summed E-state index contributed by atoms with van der Waals surface area (Å²) in [5, 5.41) is 10.8. The van der Waals surface area contributed by atoms with Gasteiger partial charge in [-0.05, 0) is 48.8 Å². The molecule has 18 heavy (non-hydrogen) atoms. The Morgan fingerprint density at radius 2 is 1.72 bits per heavy atom. The lowest BCUT2D eigenvalue weighted by atomic mass is 9.83. The van der Waals surface area contributed by atoms with Crippen LogP contribution in [0.4, 0.5) is 0 Å². The van der Waals surface area contributed by atoms with Crippen molar-refractivity contribution in [2.24, 2.45) is 5.41 Å². The summed E-state index contributed by atoms with van der Waals surface area (Å²) in [6.45, 7) is 4.64. The second-order valence-electron chi connectivity index (χ2n) is 6.55. The summed E-state index contributed by atoms with van der Waals surface area (Å²) in [5.41, 5.74) is 1.13. The first kappa shape index (κ1) is 14.1. The summed E-state index contributed by atoms with van der Waals surface area (Å²) in [5.74, 6) is 0. The summed E-state index contributed by atoms with van der Waals surface area (Å²) < 4.78 is 1.10. The Bertz CT molecular complexity index is 396. The van der Waals surface area contributed by atoms with Gasteiger partial charge in [0.25, 0.3) is 0 Å². The lowest BCUT2D eigenvalue weighted by Gasteiger charge is -2.28. The first-order valence-corrected chi connectivity index (χ1v) is 7.65. The van der Waals surface area contributed by atoms with Crippen LogP contribution in [-0.4, -0.2) is 10.7 Å². The molecule has 1 fully saturated rings. The fourth-order valence-corrected chi connectivity index (χ4v) is 3.14. The highest BCUT2D eigenvalue weighted by Crippen LogP contribution is 2.39. The third-order valence-electron chi connectivity index (χ3n) is 4.21. The van der Waals surface area contributed by atoms with Crippen molar-refractivity contribution in [2.45, 2.75) is 58.0 Å². The Morgan fingerprint density at radius 3 is 2.39 bits per heavy atom. The Balaban J connectivity index is 2.05. The van der Waals surface area contributed by atoms with E-state index in [9.17, 15) is 5.11 Å². The molecule has 0 aromatic heterocycles. The monoisotopic (exact) mass is 310 g/mol. The number of aliphatic hydroxyl groups is 1. The van der Waals surface area contributed by atoms with Crippen molar-refractivity contribution in [1.29, 1.82) is 0 Å². The van der Waals surface area contributed by atoms with Crippen LogP contribution in [0, 0.1) is 5.41 Å². The molecule has 2 heteroatoms. The van der Waals surface area contributed by atoms with E-state index in [0.29, 0.717) is 5.41 Å². The molecule has 1 aliphatic rings. The van der Waals surface area contributed by atoms with Gasteiger partial charge in [-0.25, -0.2) is 0 Å². The largest absolute Gasteiger partial charge is 0.390 e. The molecule has 1 aromatic carbocycles. The molecule has 1 N–H and O–H groups in total. The van der Waals surface area contributed by atoms with Gasteiger partial charge < -0.3 is 5.11 Å². The summed E-state index contributed by atoms with van der Waals surface area (Å²) in [6.07, 6.45) is 6.15. The zero-order chi connectivity index (χ0) is 13.2. The van der Waals surface area contributed by atoms with Crippen LogP contribution in [0.15, 0.2) is 28.7 Å². The van der Waals surface area contributed by atoms with Gasteiger partial charge in [-0.1, -0.05) is 48.3 Å². The molecule has 2 rings (SSSR count). The van der Waals surface area contributed by atoms with Crippen LogP contribution in [-0.2, 0) is 6.42 Å². The smallest absolute Gasteiger partial charge is 0.0688 e. The molecule has 1 unspecified atom stereocenters. The first-order valence-electron chi connectivity index (χ1n) is 6.86. The van der Waals surface area contributed by atoms with Crippen molar-refractivity contribution in [3.05, 3.63) is 34.3 Å². The topological polar surface area (TPSA) is 20.2 Å². The predicted octanol–water partition coefficient (Wildman–Crippen LogP) is 4.71. The standard InChI is InChI=1S/C16H23BrO/c1-15(2)8-3-9-16(18,11-10-15)12-13-4-6-14(17)7-5-13/h4-7,18H,3,8-12H2,1-2H3. The van der Waals surface area contributed by atoms with Crippen LogP contribution >= 0.6 is 15.9 Å². The zero-order valence-electron chi connectivity index (χ0n) is 11.4. The van der Waals surface area contributed by atoms with E-state index in [1.807, 2.05) is 0 Å². The maximum atomic E-state index is 10.8. The van der Waals surface area contributed by atoms with Gasteiger partial charge in [0.2, 0.25) is 0 Å². The van der Waals surface area contributed by atoms with Gasteiger partial charge in [0.1, 0.15) is 0 Å². The van der Waals surface area contributed by atoms with Gasteiger partial charge in [0, 0.05) is 10.9 Å². The molecule has 0 radical (unpaired) electrons. The number of hydrogen-bond acceptors (Lipinski definition) is 1. The minimum Gasteiger partial charge on any atom is -0.390 e. The zero-order valence-corrected chi connectivity index (χ0v) is 13.0. The second kappa shape index (κ2) is 5.34. The molecular weight excluding hydrogens is 288 g/mol. The number of hydrogen-bond donors (Lipinski definition) is 1. The van der Waals surface area contributed by atoms with Gasteiger partial charge in [0.05, 0.1) is 5.60 Å². The Morgan fingerprint density at radius 1 is 1.06 bits per heavy atom. The molecular formula is C16H23BrO. The predicted molar refractivity (Wildman–Crippen MR) is 79.7 cm³/mol. The molecule has 0 amide bonds. The molecule has 1 nitrogen and oxygen atoms in total. The van der Waals surface area contributed by atoms with Gasteiger partial charge in [-0.3, -0.25) is 0 Å². The Hall–Kier alpha value is -0.340. The van der Waals surface area contributed by atoms with Gasteiger partial charge in [-0.2, -0.15) is 0 Å². The van der Waals surface area contributed by atoms with Crippen LogP contribution in [0.1, 0.15) is 51.5 Å². The normalized spacial score (nSPS) is 27.8. The maximum absolute atomic E-state index is 10.8. The van der Waals surface area contributed by atoms with E-state index >= 15 is 0 Å². The van der Waals surface area contributed by atoms with E-state index in [0.717, 1.165) is 36.6 Å². The minimum atomic E-state index is -0.498. The fraction of sp³-hybridized carbons (Fsp3) is 0.625. The highest BCUT2D eigenvalue weighted by atomic mass is 79.9. The quantitative estimate of drug-likeness (QED) is 0.784. The summed E-state index contributed by atoms with van der Waals surface area (Å²) in [7, 11) is 0. The second-order valence-corrected chi connectivity index (χ2v) is 7.46. The van der Waals surface area contributed by atoms with Gasteiger partial charge in [-0.15, -0.1) is 0 Å². The molecule has 0 aliphatic heterocycles. The molecule has 0 saturated heterocycles. The van der Waals surface area contributed by atoms with E-state index in [4.69, 9.17) is 0 Å². The summed E-state index contributed by atoms with van der Waals surface area (Å²) in [6, 6.07) is 8.33. The molecule has 100 valence electrons. The molecule has 1 atom stereocenters. The van der Waals surface area contributed by atoms with E-state index in [1.165, 1.54) is 12.0 Å². The van der Waals surface area contributed by atoms with Gasteiger partial charge in [0.15, 0.2) is 0 Å². The van der Waals surface area contributed by atoms with Crippen molar-refractivity contribution in [2.75, 3.05) is 0 Å². The first-order chi connectivity index (χ1) is 8.39. The third-order valence-corrected chi connectivity index (χ3v) is 4.74. The number of rotatable bonds is 2. The molecule has 1 saturated carbocycles. The van der Waals surface area contributed by atoms with Gasteiger partial charge >= 0.3 is 0 Å². The summed E-state index contributed by atoms with van der Waals surface area (Å²) >= 11 is 3.45. The van der Waals surface area contributed by atoms with Crippen molar-refractivity contribution in [1.82, 2.24) is 0 Å². The number of benzene rings is 1. The molecule has 1 aliphatic carbocycles. The van der Waals surface area contributed by atoms with Crippen LogP contribution < -0.4 is 0 Å². The maximum Gasteiger partial charge on any atom is 0.0688 e. The molecule has 1 aromatic rings. The number of halogens is 1. The molecule has 0 bridgehead atoms. The lowest BCUT2D eigenvalue weighted by Crippen LogP contribution is -2.31. The van der Waals surface area contributed by atoms with Crippen molar-refractivity contribution in [3.8, 4) is 0 Å². The SMILES string of the molecule is CC1(C)CCCC(O)(Cc2ccc(Br)cc2)CC1. The van der Waals surface area contributed by atoms with Crippen molar-refractivity contribution >= 4 is 15.9 Å². The van der Waals surface area contributed by atoms with Crippen LogP contribution in [0.25, 0.3) is 0 Å². The van der Waals surface area contributed by atoms with E-state index in [-0.39, 0.29) is 0 Å². The minimum absolute atomic E-state index is 0.393. The van der Waals surface area contributed by atoms with E-state index in [1.54, 1.807) is 0 Å². The average molecular weight is 311 g/mol. The molecule has 0 heterocycles. The van der Waals surface area contributed by atoms with Crippen LogP contribution in [0.2, 0.25) is 0 Å². The average Bonchev–Trinajstić information content (AvgIpc) is 2.42. The Kier molecular flexibility index (Phi) is 4.18. The Labute approximate surface area is 119 Å². The lowest BCUT2D eigenvalue weighted by molar-refractivity contribution is 0.0226. The summed E-state index contributed by atoms with van der Waals surface area (Å²) in [4.78, 5) is 0. The highest BCUT2D eigenvalue weighted by molar-refractivity contribution is 9.10. The van der Waals surface area contributed by atoms with Crippen LogP contribution in [0.5, 0.6) is 0 Å². The highest BCUT2D eigenvalue weighted by Gasteiger charge is 2.33. The fourth-order valence-electron chi connectivity index (χ4n) is 2.88. The van der Waals surface area contributed by atoms with E-state index < -0.39 is 5.60 Å².